The predicted molar refractivity (Wildman–Crippen MR) is 272 cm³/mol. The smallest absolute Gasteiger partial charge is 0.410 e. The molecule has 72 heavy (non-hydrogen) atoms. The summed E-state index contributed by atoms with van der Waals surface area (Å²) in [7, 11) is 0. The molecule has 0 saturated carbocycles. The molecule has 4 aliphatic heterocycles. The number of nitrogens with two attached hydrogens (primary N) is 1. The highest BCUT2D eigenvalue weighted by Crippen LogP contribution is 2.38. The van der Waals surface area contributed by atoms with E-state index in [1.165, 1.54) is 24.5 Å². The Balaban J connectivity index is 0.000000167. The molecule has 388 valence electrons. The Morgan fingerprint density at radius 1 is 0.792 bits per heavy atom. The molecule has 4 fully saturated rings. The average Bonchev–Trinajstić information content (AvgIpc) is 3.85. The van der Waals surface area contributed by atoms with Crippen LogP contribution < -0.4 is 16.4 Å². The van der Waals surface area contributed by atoms with E-state index in [1.807, 2.05) is 51.3 Å². The number of hydrogen-bond donors (Lipinski definition) is 5. The van der Waals surface area contributed by atoms with Crippen molar-refractivity contribution in [1.82, 2.24) is 49.3 Å². The van der Waals surface area contributed by atoms with Crippen LogP contribution in [-0.4, -0.2) is 143 Å². The van der Waals surface area contributed by atoms with Crippen LogP contribution in [0.5, 0.6) is 0 Å². The number of carbonyl (C=O) groups is 1. The van der Waals surface area contributed by atoms with Crippen molar-refractivity contribution < 1.29 is 38.0 Å². The van der Waals surface area contributed by atoms with Crippen molar-refractivity contribution in [1.29, 1.82) is 0 Å². The highest BCUT2D eigenvalue weighted by atomic mass is 35.5. The molecule has 0 radical (unpaired) electrons. The lowest BCUT2D eigenvalue weighted by atomic mass is 9.99. The average molecular weight is 1060 g/mol. The maximum Gasteiger partial charge on any atom is 0.410 e. The molecule has 6 aromatic rings. The summed E-state index contributed by atoms with van der Waals surface area (Å²) in [4.78, 5) is 40.0. The zero-order chi connectivity index (χ0) is 51.8. The van der Waals surface area contributed by atoms with Crippen LogP contribution in [0.1, 0.15) is 96.9 Å². The number of carbonyl (C=O) groups excluding carboxylic acids is 1. The maximum absolute atomic E-state index is 15.2. The first kappa shape index (κ1) is 53.4. The summed E-state index contributed by atoms with van der Waals surface area (Å²) >= 11 is 18.6. The van der Waals surface area contributed by atoms with Crippen LogP contribution >= 0.6 is 34.8 Å². The van der Waals surface area contributed by atoms with Gasteiger partial charge in [0, 0.05) is 74.6 Å². The van der Waals surface area contributed by atoms with Crippen LogP contribution in [-0.2, 0) is 14.2 Å². The van der Waals surface area contributed by atoms with E-state index in [0.29, 0.717) is 83.9 Å². The van der Waals surface area contributed by atoms with Gasteiger partial charge in [-0.2, -0.15) is 0 Å². The van der Waals surface area contributed by atoms with Gasteiger partial charge in [0.2, 0.25) is 11.2 Å². The molecular formula is C49H61Cl3F2N12O6. The summed E-state index contributed by atoms with van der Waals surface area (Å²) in [5.74, 6) is 1.33. The molecule has 1 amide bonds. The molecule has 4 atom stereocenters. The third-order valence-electron chi connectivity index (χ3n) is 12.7. The molecule has 4 aromatic heterocycles. The predicted octanol–water partition coefficient (Wildman–Crippen LogP) is 8.06. The zero-order valence-corrected chi connectivity index (χ0v) is 43.4. The maximum atomic E-state index is 15.2. The van der Waals surface area contributed by atoms with E-state index in [0.717, 1.165) is 36.7 Å². The summed E-state index contributed by atoms with van der Waals surface area (Å²) in [5.41, 5.74) is 8.69. The number of halogens is 5. The number of aromatic nitrogens is 8. The molecule has 18 nitrogen and oxygen atoms in total. The second-order valence-corrected chi connectivity index (χ2v) is 21.1. The molecule has 0 spiro atoms. The van der Waals surface area contributed by atoms with E-state index in [-0.39, 0.29) is 64.5 Å². The standard InChI is InChI=1S/C22H24Cl2FN5O2.C22H26ClFN6O2.C5H11NO2/c1-11(2)30-16-7-12(17-14(23)8-26-20(24)28-17)6-15(25)18(16)27-19(30)13-9-29(10-13)21(31)32-22(3,4)5;1-11(2)30-17-6-12(5-15(24)20(17)28-21(30)13-7-25-8-13)19-14(23)9-26-22(29-19)27-16-3-4-32-10-18(16)31;6-4-1-2-8-3-5(4)7/h6-8,11,13H,9-10H2,1-5H3;5-6,9,11,13,16,18,25,31H,3-4,7-8,10H2,1-2H3,(H,26,27,29);4-5,7H,1-3,6H2/t;16-,18-;/m.1./s1. The number of benzene rings is 2. The minimum absolute atomic E-state index is 0.0164. The summed E-state index contributed by atoms with van der Waals surface area (Å²) in [5, 5.41) is 26.1. The number of ether oxygens (including phenoxy) is 3. The molecule has 2 unspecified atom stereocenters. The van der Waals surface area contributed by atoms with Crippen molar-refractivity contribution in [2.45, 2.75) is 115 Å². The van der Waals surface area contributed by atoms with Gasteiger partial charge in [-0.1, -0.05) is 23.2 Å². The minimum Gasteiger partial charge on any atom is -0.444 e. The third-order valence-corrected chi connectivity index (χ3v) is 13.4. The van der Waals surface area contributed by atoms with Gasteiger partial charge in [0.15, 0.2) is 11.6 Å². The van der Waals surface area contributed by atoms with Gasteiger partial charge in [0.1, 0.15) is 28.3 Å². The SMILES string of the molecule is CC(C)n1c(C2CN(C(=O)OC(C)(C)C)C2)nc2c(F)cc(-c3nc(Cl)ncc3Cl)cc21.CC(C)n1c(C2CNC2)nc2c(F)cc(-c3nc(N[C@@H]4CCOC[C@H]4O)ncc3Cl)cc21.NC1CCOCC1O. The molecule has 23 heteroatoms. The number of likely N-dealkylation sites (tertiary alicyclic amines) is 1. The molecule has 0 aliphatic carbocycles. The Kier molecular flexibility index (Phi) is 16.5. The quantitative estimate of drug-likeness (QED) is 0.0909. The van der Waals surface area contributed by atoms with Gasteiger partial charge in [-0.25, -0.2) is 43.5 Å². The normalized spacial score (nSPS) is 20.7. The molecule has 4 aliphatic rings. The van der Waals surface area contributed by atoms with Gasteiger partial charge < -0.3 is 54.8 Å². The van der Waals surface area contributed by atoms with Crippen molar-refractivity contribution in [3.63, 3.8) is 0 Å². The van der Waals surface area contributed by atoms with E-state index in [1.54, 1.807) is 4.90 Å². The van der Waals surface area contributed by atoms with Crippen LogP contribution in [0.4, 0.5) is 19.5 Å². The first-order valence-corrected chi connectivity index (χ1v) is 25.2. The van der Waals surface area contributed by atoms with E-state index in [9.17, 15) is 9.90 Å². The number of rotatable bonds is 8. The molecule has 10 rings (SSSR count). The number of nitrogens with one attached hydrogen (secondary N) is 2. The summed E-state index contributed by atoms with van der Waals surface area (Å²) < 4.78 is 50.0. The Hall–Kier alpha value is -4.90. The first-order valence-electron chi connectivity index (χ1n) is 24.0. The van der Waals surface area contributed by atoms with E-state index >= 15 is 8.78 Å². The third kappa shape index (κ3) is 11.9. The Morgan fingerprint density at radius 3 is 1.81 bits per heavy atom. The number of aliphatic hydroxyl groups is 2. The van der Waals surface area contributed by atoms with E-state index < -0.39 is 29.4 Å². The molecule has 0 bridgehead atoms. The lowest BCUT2D eigenvalue weighted by Gasteiger charge is -2.39. The summed E-state index contributed by atoms with van der Waals surface area (Å²) in [6.07, 6.45) is 2.84. The molecule has 2 aromatic carbocycles. The Bertz CT molecular complexity index is 2900. The molecule has 6 N–H and O–H groups in total. The highest BCUT2D eigenvalue weighted by molar-refractivity contribution is 6.34. The van der Waals surface area contributed by atoms with Gasteiger partial charge in [0.25, 0.3) is 0 Å². The van der Waals surface area contributed by atoms with Gasteiger partial charge >= 0.3 is 6.09 Å². The largest absolute Gasteiger partial charge is 0.444 e. The molecule has 4 saturated heterocycles. The number of imidazole rings is 2. The van der Waals surface area contributed by atoms with Crippen molar-refractivity contribution in [2.75, 3.05) is 57.9 Å². The van der Waals surface area contributed by atoms with Gasteiger partial charge in [-0.05, 0) is 97.2 Å². The topological polar surface area (TPSA) is 226 Å². The number of aliphatic hydroxyl groups excluding tert-OH is 2. The van der Waals surface area contributed by atoms with E-state index in [4.69, 9.17) is 59.9 Å². The number of nitrogens with zero attached hydrogens (tertiary/aromatic N) is 9. The fourth-order valence-electron chi connectivity index (χ4n) is 8.85. The van der Waals surface area contributed by atoms with Crippen LogP contribution in [0, 0.1) is 11.6 Å². The zero-order valence-electron chi connectivity index (χ0n) is 41.2. The fourth-order valence-corrected chi connectivity index (χ4v) is 9.38. The van der Waals surface area contributed by atoms with Crippen molar-refractivity contribution in [3.8, 4) is 22.5 Å². The monoisotopic (exact) mass is 1060 g/mol. The minimum atomic E-state index is -0.653. The number of fused-ring (bicyclic) bond motifs is 2. The number of hydrogen-bond acceptors (Lipinski definition) is 15. The van der Waals surface area contributed by atoms with Gasteiger partial charge in [-0.3, -0.25) is 0 Å². The number of amides is 1. The van der Waals surface area contributed by atoms with Crippen molar-refractivity contribution >= 4 is 68.9 Å². The highest BCUT2D eigenvalue weighted by Gasteiger charge is 2.38. The Labute approximate surface area is 430 Å². The Morgan fingerprint density at radius 2 is 1.32 bits per heavy atom. The molecular weight excluding hydrogens is 997 g/mol. The second-order valence-electron chi connectivity index (χ2n) is 20.0. The first-order chi connectivity index (χ1) is 34.2. The van der Waals surface area contributed by atoms with Crippen LogP contribution in [0.25, 0.3) is 44.6 Å². The van der Waals surface area contributed by atoms with E-state index in [2.05, 4.69) is 59.0 Å². The molecule has 8 heterocycles. The lowest BCUT2D eigenvalue weighted by Crippen LogP contribution is -2.51. The van der Waals surface area contributed by atoms with Crippen LogP contribution in [0.2, 0.25) is 15.3 Å². The van der Waals surface area contributed by atoms with Crippen molar-refractivity contribution in [3.05, 3.63) is 75.3 Å². The van der Waals surface area contributed by atoms with Crippen LogP contribution in [0.15, 0.2) is 36.7 Å². The summed E-state index contributed by atoms with van der Waals surface area (Å²) in [6, 6.07) is 6.32. The second kappa shape index (κ2) is 22.3. The lowest BCUT2D eigenvalue weighted by molar-refractivity contribution is -0.0182. The number of anilines is 1. The van der Waals surface area contributed by atoms with Gasteiger partial charge in [-0.15, -0.1) is 0 Å². The van der Waals surface area contributed by atoms with Gasteiger partial charge in [0.05, 0.1) is 82.2 Å². The van der Waals surface area contributed by atoms with Crippen LogP contribution in [0.3, 0.4) is 0 Å². The fraction of sp³-hybridized carbons (Fsp3) is 0.531. The summed E-state index contributed by atoms with van der Waals surface area (Å²) in [6.45, 7) is 18.2. The van der Waals surface area contributed by atoms with Crippen molar-refractivity contribution in [2.24, 2.45) is 5.73 Å².